The van der Waals surface area contributed by atoms with Crippen LogP contribution in [-0.4, -0.2) is 44.9 Å². The Balaban J connectivity index is 0.00000420. The van der Waals surface area contributed by atoms with Gasteiger partial charge in [0.2, 0.25) is 0 Å². The van der Waals surface area contributed by atoms with Crippen molar-refractivity contribution >= 4 is 41.3 Å². The molecule has 0 radical (unpaired) electrons. The van der Waals surface area contributed by atoms with Gasteiger partial charge >= 0.3 is 0 Å². The average Bonchev–Trinajstić information content (AvgIpc) is 3.25. The van der Waals surface area contributed by atoms with E-state index in [1.54, 1.807) is 32.5 Å². The van der Waals surface area contributed by atoms with Crippen LogP contribution in [-0.2, 0) is 12.0 Å². The molecule has 6 nitrogen and oxygen atoms in total. The monoisotopic (exact) mass is 533 g/mol. The number of nitrogens with one attached hydrogen (secondary N) is 2. The van der Waals surface area contributed by atoms with Gasteiger partial charge in [0.05, 0.1) is 20.8 Å². The molecule has 2 rings (SSSR count). The summed E-state index contributed by atoms with van der Waals surface area (Å²) in [4.78, 5) is 5.47. The van der Waals surface area contributed by atoms with Crippen LogP contribution in [0.25, 0.3) is 0 Å². The molecular formula is C21H32IN3O3S. The van der Waals surface area contributed by atoms with Crippen molar-refractivity contribution in [3.8, 4) is 11.5 Å². The number of hydrogen-bond donors (Lipinski definition) is 3. The van der Waals surface area contributed by atoms with E-state index in [0.29, 0.717) is 12.5 Å². The number of ether oxygens (including phenoxy) is 2. The topological polar surface area (TPSA) is 75.1 Å². The minimum atomic E-state index is -0.962. The molecule has 0 saturated heterocycles. The van der Waals surface area contributed by atoms with Crippen LogP contribution in [0, 0.1) is 0 Å². The third-order valence-electron chi connectivity index (χ3n) is 4.32. The molecule has 162 valence electrons. The lowest BCUT2D eigenvalue weighted by atomic mass is 10.1. The van der Waals surface area contributed by atoms with Crippen LogP contribution in [0.15, 0.2) is 40.7 Å². The van der Waals surface area contributed by atoms with Crippen molar-refractivity contribution < 1.29 is 14.6 Å². The molecule has 1 aromatic carbocycles. The third kappa shape index (κ3) is 8.02. The third-order valence-corrected chi connectivity index (χ3v) is 5.45. The van der Waals surface area contributed by atoms with E-state index in [4.69, 9.17) is 9.47 Å². The van der Waals surface area contributed by atoms with Gasteiger partial charge in [0, 0.05) is 18.0 Å². The second kappa shape index (κ2) is 12.9. The van der Waals surface area contributed by atoms with Crippen LogP contribution < -0.4 is 20.1 Å². The van der Waals surface area contributed by atoms with E-state index >= 15 is 0 Å². The predicted octanol–water partition coefficient (Wildman–Crippen LogP) is 3.78. The first-order chi connectivity index (χ1) is 13.5. The highest BCUT2D eigenvalue weighted by Gasteiger charge is 2.23. The number of guanidine groups is 1. The fourth-order valence-electron chi connectivity index (χ4n) is 2.77. The largest absolute Gasteiger partial charge is 0.493 e. The first-order valence-electron chi connectivity index (χ1n) is 9.49. The maximum Gasteiger partial charge on any atom is 0.191 e. The number of hydrogen-bond acceptors (Lipinski definition) is 5. The van der Waals surface area contributed by atoms with Gasteiger partial charge in [0.15, 0.2) is 17.5 Å². The van der Waals surface area contributed by atoms with Crippen molar-refractivity contribution in [2.75, 3.05) is 33.9 Å². The summed E-state index contributed by atoms with van der Waals surface area (Å²) in [7, 11) is 3.28. The van der Waals surface area contributed by atoms with E-state index in [0.717, 1.165) is 42.3 Å². The molecule has 1 heterocycles. The molecule has 1 atom stereocenters. The van der Waals surface area contributed by atoms with Crippen LogP contribution in [0.5, 0.6) is 11.5 Å². The maximum absolute atomic E-state index is 10.6. The average molecular weight is 533 g/mol. The Kier molecular flexibility index (Phi) is 11.4. The van der Waals surface area contributed by atoms with Gasteiger partial charge in [-0.15, -0.1) is 35.3 Å². The van der Waals surface area contributed by atoms with Crippen LogP contribution in [0.3, 0.4) is 0 Å². The quantitative estimate of drug-likeness (QED) is 0.188. The lowest BCUT2D eigenvalue weighted by Crippen LogP contribution is -2.39. The van der Waals surface area contributed by atoms with Crippen LogP contribution in [0.1, 0.15) is 30.7 Å². The number of rotatable bonds is 10. The number of aliphatic imine (C=N–C) groups is 1. The van der Waals surface area contributed by atoms with Crippen molar-refractivity contribution in [3.05, 3.63) is 46.2 Å². The van der Waals surface area contributed by atoms with Crippen molar-refractivity contribution in [3.63, 3.8) is 0 Å². The van der Waals surface area contributed by atoms with E-state index in [2.05, 4.69) is 21.7 Å². The van der Waals surface area contributed by atoms with E-state index < -0.39 is 5.60 Å². The highest BCUT2D eigenvalue weighted by Crippen LogP contribution is 2.28. The van der Waals surface area contributed by atoms with Gasteiger partial charge in [0.1, 0.15) is 5.60 Å². The molecule has 8 heteroatoms. The summed E-state index contributed by atoms with van der Waals surface area (Å²) in [6.45, 7) is 5.67. The van der Waals surface area contributed by atoms with Gasteiger partial charge in [0.25, 0.3) is 0 Å². The highest BCUT2D eigenvalue weighted by atomic mass is 127. The van der Waals surface area contributed by atoms with Crippen molar-refractivity contribution in [2.24, 2.45) is 4.99 Å². The first kappa shape index (κ1) is 25.5. The van der Waals surface area contributed by atoms with E-state index in [1.165, 1.54) is 5.56 Å². The zero-order valence-corrected chi connectivity index (χ0v) is 20.7. The number of aliphatic hydroxyl groups is 1. The molecule has 0 aliphatic carbocycles. The number of aryl methyl sites for hydroxylation is 1. The highest BCUT2D eigenvalue weighted by molar-refractivity contribution is 14.0. The number of nitrogens with zero attached hydrogens (tertiary/aromatic N) is 1. The van der Waals surface area contributed by atoms with E-state index in [-0.39, 0.29) is 24.0 Å². The summed E-state index contributed by atoms with van der Waals surface area (Å²) < 4.78 is 10.6. The molecule has 0 spiro atoms. The molecule has 3 N–H and O–H groups in total. The Morgan fingerprint density at radius 2 is 1.93 bits per heavy atom. The molecule has 0 aliphatic heterocycles. The summed E-state index contributed by atoms with van der Waals surface area (Å²) in [6.07, 6.45) is 1.86. The SMILES string of the molecule is CCNC(=NCC(C)(O)c1cccs1)NCCCc1ccc(OC)c(OC)c1.I. The standard InChI is InChI=1S/C21H31N3O3S.HI/c1-5-22-20(24-15-21(2,25)19-9-7-13-28-19)23-12-6-8-16-10-11-17(26-3)18(14-16)27-4;/h7,9-11,13-14,25H,5-6,8,12,15H2,1-4H3,(H2,22,23,24);1H. The minimum absolute atomic E-state index is 0. The van der Waals surface area contributed by atoms with Crippen LogP contribution >= 0.6 is 35.3 Å². The fourth-order valence-corrected chi connectivity index (χ4v) is 3.55. The molecule has 1 unspecified atom stereocenters. The Labute approximate surface area is 194 Å². The second-order valence-electron chi connectivity index (χ2n) is 6.67. The molecule has 0 saturated carbocycles. The summed E-state index contributed by atoms with van der Waals surface area (Å²) in [5.41, 5.74) is 0.234. The van der Waals surface area contributed by atoms with Gasteiger partial charge in [-0.1, -0.05) is 12.1 Å². The summed E-state index contributed by atoms with van der Waals surface area (Å²) in [5, 5.41) is 19.2. The van der Waals surface area contributed by atoms with Crippen LogP contribution in [0.4, 0.5) is 0 Å². The Morgan fingerprint density at radius 3 is 2.55 bits per heavy atom. The van der Waals surface area contributed by atoms with Gasteiger partial charge < -0.3 is 25.2 Å². The van der Waals surface area contributed by atoms with Gasteiger partial charge in [-0.05, 0) is 55.8 Å². The molecule has 0 bridgehead atoms. The Morgan fingerprint density at radius 1 is 1.17 bits per heavy atom. The Bertz CT molecular complexity index is 752. The number of methoxy groups -OCH3 is 2. The minimum Gasteiger partial charge on any atom is -0.493 e. The number of thiophene rings is 1. The first-order valence-corrected chi connectivity index (χ1v) is 10.4. The van der Waals surface area contributed by atoms with Crippen molar-refractivity contribution in [1.82, 2.24) is 10.6 Å². The zero-order valence-electron chi connectivity index (χ0n) is 17.5. The molecule has 0 amide bonds. The number of benzene rings is 1. The van der Waals surface area contributed by atoms with Gasteiger partial charge in [-0.25, -0.2) is 4.99 Å². The van der Waals surface area contributed by atoms with Crippen molar-refractivity contribution in [2.45, 2.75) is 32.3 Å². The van der Waals surface area contributed by atoms with E-state index in [1.807, 2.05) is 36.6 Å². The number of halogens is 1. The summed E-state index contributed by atoms with van der Waals surface area (Å²) in [5.74, 6) is 2.20. The molecule has 29 heavy (non-hydrogen) atoms. The zero-order chi connectivity index (χ0) is 20.4. The smallest absolute Gasteiger partial charge is 0.191 e. The molecule has 2 aromatic rings. The Hall–Kier alpha value is -1.52. The van der Waals surface area contributed by atoms with Crippen molar-refractivity contribution in [1.29, 1.82) is 0 Å². The molecular weight excluding hydrogens is 501 g/mol. The van der Waals surface area contributed by atoms with Gasteiger partial charge in [-0.3, -0.25) is 0 Å². The summed E-state index contributed by atoms with van der Waals surface area (Å²) >= 11 is 1.54. The molecule has 1 aromatic heterocycles. The summed E-state index contributed by atoms with van der Waals surface area (Å²) in [6, 6.07) is 9.87. The second-order valence-corrected chi connectivity index (χ2v) is 7.61. The normalized spacial score (nSPS) is 13.2. The van der Waals surface area contributed by atoms with Crippen LogP contribution in [0.2, 0.25) is 0 Å². The predicted molar refractivity (Wildman–Crippen MR) is 131 cm³/mol. The molecule has 0 aliphatic rings. The molecule has 0 fully saturated rings. The van der Waals surface area contributed by atoms with Gasteiger partial charge in [-0.2, -0.15) is 0 Å². The maximum atomic E-state index is 10.6. The lowest BCUT2D eigenvalue weighted by Gasteiger charge is -2.20. The van der Waals surface area contributed by atoms with E-state index in [9.17, 15) is 5.11 Å². The fraction of sp³-hybridized carbons (Fsp3) is 0.476. The lowest BCUT2D eigenvalue weighted by molar-refractivity contribution is 0.0711.